The molecule has 1 heterocycles. The van der Waals surface area contributed by atoms with Gasteiger partial charge in [-0.05, 0) is 24.1 Å². The van der Waals surface area contributed by atoms with E-state index in [9.17, 15) is 18.0 Å². The van der Waals surface area contributed by atoms with Gasteiger partial charge in [-0.1, -0.05) is 12.1 Å². The second-order valence-corrected chi connectivity index (χ2v) is 4.38. The molecule has 0 aliphatic rings. The summed E-state index contributed by atoms with van der Waals surface area (Å²) < 4.78 is 37.5. The van der Waals surface area contributed by atoms with Gasteiger partial charge in [-0.3, -0.25) is 4.68 Å². The SMILES string of the molecule is Cc1ccc(-c2cnn(CC(F)(F)F)c2)cc1C(=O)O. The lowest BCUT2D eigenvalue weighted by Gasteiger charge is -2.05. The number of carbonyl (C=O) groups is 1. The Morgan fingerprint density at radius 2 is 2.05 bits per heavy atom. The van der Waals surface area contributed by atoms with E-state index in [0.717, 1.165) is 4.68 Å². The topological polar surface area (TPSA) is 55.1 Å². The van der Waals surface area contributed by atoms with E-state index >= 15 is 0 Å². The zero-order chi connectivity index (χ0) is 14.9. The number of hydrogen-bond acceptors (Lipinski definition) is 2. The first-order chi connectivity index (χ1) is 9.26. The third-order valence-electron chi connectivity index (χ3n) is 2.78. The second-order valence-electron chi connectivity index (χ2n) is 4.38. The highest BCUT2D eigenvalue weighted by Crippen LogP contribution is 2.24. The van der Waals surface area contributed by atoms with Gasteiger partial charge >= 0.3 is 12.1 Å². The van der Waals surface area contributed by atoms with Crippen LogP contribution in [0.3, 0.4) is 0 Å². The summed E-state index contributed by atoms with van der Waals surface area (Å²) in [7, 11) is 0. The quantitative estimate of drug-likeness (QED) is 0.942. The number of hydrogen-bond donors (Lipinski definition) is 1. The highest BCUT2D eigenvalue weighted by atomic mass is 19.4. The van der Waals surface area contributed by atoms with Crippen molar-refractivity contribution in [3.05, 3.63) is 41.7 Å². The summed E-state index contributed by atoms with van der Waals surface area (Å²) in [4.78, 5) is 11.0. The first-order valence-corrected chi connectivity index (χ1v) is 5.70. The number of carboxylic acid groups (broad SMARTS) is 1. The number of alkyl halides is 3. The van der Waals surface area contributed by atoms with E-state index < -0.39 is 18.7 Å². The van der Waals surface area contributed by atoms with Gasteiger partial charge in [0, 0.05) is 11.8 Å². The first-order valence-electron chi connectivity index (χ1n) is 5.70. The molecule has 0 atom stereocenters. The van der Waals surface area contributed by atoms with Crippen LogP contribution in [0.4, 0.5) is 13.2 Å². The van der Waals surface area contributed by atoms with Crippen LogP contribution in [0.15, 0.2) is 30.6 Å². The van der Waals surface area contributed by atoms with Crippen molar-refractivity contribution in [3.8, 4) is 11.1 Å². The molecule has 0 radical (unpaired) electrons. The largest absolute Gasteiger partial charge is 0.478 e. The van der Waals surface area contributed by atoms with Gasteiger partial charge in [-0.15, -0.1) is 0 Å². The fraction of sp³-hybridized carbons (Fsp3) is 0.231. The predicted molar refractivity (Wildman–Crippen MR) is 65.4 cm³/mol. The van der Waals surface area contributed by atoms with Crippen molar-refractivity contribution in [2.45, 2.75) is 19.6 Å². The van der Waals surface area contributed by atoms with Crippen LogP contribution < -0.4 is 0 Å². The molecule has 7 heteroatoms. The van der Waals surface area contributed by atoms with E-state index in [1.165, 1.54) is 18.5 Å². The Labute approximate surface area is 112 Å². The van der Waals surface area contributed by atoms with Crippen molar-refractivity contribution in [3.63, 3.8) is 0 Å². The third-order valence-corrected chi connectivity index (χ3v) is 2.78. The Morgan fingerprint density at radius 3 is 2.65 bits per heavy atom. The van der Waals surface area contributed by atoms with Crippen molar-refractivity contribution in [2.24, 2.45) is 0 Å². The van der Waals surface area contributed by atoms with E-state index in [1.807, 2.05) is 0 Å². The fourth-order valence-corrected chi connectivity index (χ4v) is 1.81. The van der Waals surface area contributed by atoms with Gasteiger partial charge in [0.05, 0.1) is 11.8 Å². The molecule has 0 fully saturated rings. The molecule has 0 aliphatic carbocycles. The smallest absolute Gasteiger partial charge is 0.408 e. The summed E-state index contributed by atoms with van der Waals surface area (Å²) >= 11 is 0. The fourth-order valence-electron chi connectivity index (χ4n) is 1.81. The van der Waals surface area contributed by atoms with Gasteiger partial charge in [0.15, 0.2) is 0 Å². The van der Waals surface area contributed by atoms with E-state index in [-0.39, 0.29) is 5.56 Å². The molecule has 1 N–H and O–H groups in total. The number of rotatable bonds is 3. The number of aromatic nitrogens is 2. The Morgan fingerprint density at radius 1 is 1.35 bits per heavy atom. The van der Waals surface area contributed by atoms with Crippen LogP contribution in [-0.4, -0.2) is 27.0 Å². The average Bonchev–Trinajstić information content (AvgIpc) is 2.75. The number of halogens is 3. The maximum atomic E-state index is 12.2. The van der Waals surface area contributed by atoms with Gasteiger partial charge < -0.3 is 5.11 Å². The van der Waals surface area contributed by atoms with Crippen LogP contribution in [0.2, 0.25) is 0 Å². The first kappa shape index (κ1) is 14.1. The molecule has 0 spiro atoms. The van der Waals surface area contributed by atoms with Crippen molar-refractivity contribution in [2.75, 3.05) is 0 Å². The molecule has 1 aromatic heterocycles. The van der Waals surface area contributed by atoms with Crippen LogP contribution >= 0.6 is 0 Å². The molecule has 106 valence electrons. The summed E-state index contributed by atoms with van der Waals surface area (Å²) in [5.41, 5.74) is 1.66. The molecule has 2 aromatic rings. The highest BCUT2D eigenvalue weighted by Gasteiger charge is 2.28. The zero-order valence-electron chi connectivity index (χ0n) is 10.5. The molecule has 4 nitrogen and oxygen atoms in total. The predicted octanol–water partition coefficient (Wildman–Crippen LogP) is 3.12. The Kier molecular flexibility index (Phi) is 3.52. The van der Waals surface area contributed by atoms with Crippen molar-refractivity contribution >= 4 is 5.97 Å². The summed E-state index contributed by atoms with van der Waals surface area (Å²) in [6.45, 7) is 0.477. The molecule has 2 rings (SSSR count). The minimum absolute atomic E-state index is 0.117. The van der Waals surface area contributed by atoms with E-state index in [1.54, 1.807) is 19.1 Å². The number of nitrogens with zero attached hydrogens (tertiary/aromatic N) is 2. The normalized spacial score (nSPS) is 11.6. The summed E-state index contributed by atoms with van der Waals surface area (Å²) in [6.07, 6.45) is -1.82. The van der Waals surface area contributed by atoms with Gasteiger partial charge in [0.1, 0.15) is 6.54 Å². The molecular formula is C13H11F3N2O2. The van der Waals surface area contributed by atoms with Gasteiger partial charge in [0.25, 0.3) is 0 Å². The summed E-state index contributed by atoms with van der Waals surface area (Å²) in [5, 5.41) is 12.6. The number of aryl methyl sites for hydroxylation is 1. The van der Waals surface area contributed by atoms with Crippen LogP contribution in [0.1, 0.15) is 15.9 Å². The number of benzene rings is 1. The van der Waals surface area contributed by atoms with Crippen LogP contribution in [0.5, 0.6) is 0 Å². The highest BCUT2D eigenvalue weighted by molar-refractivity contribution is 5.91. The Balaban J connectivity index is 2.33. The minimum Gasteiger partial charge on any atom is -0.478 e. The lowest BCUT2D eigenvalue weighted by atomic mass is 10.0. The van der Waals surface area contributed by atoms with Crippen LogP contribution in [0.25, 0.3) is 11.1 Å². The lowest BCUT2D eigenvalue weighted by molar-refractivity contribution is -0.142. The maximum Gasteiger partial charge on any atom is 0.408 e. The molecule has 0 bridgehead atoms. The van der Waals surface area contributed by atoms with Crippen LogP contribution in [0, 0.1) is 6.92 Å². The minimum atomic E-state index is -4.34. The van der Waals surface area contributed by atoms with Crippen molar-refractivity contribution < 1.29 is 23.1 Å². The monoisotopic (exact) mass is 284 g/mol. The molecule has 20 heavy (non-hydrogen) atoms. The average molecular weight is 284 g/mol. The van der Waals surface area contributed by atoms with E-state index in [4.69, 9.17) is 5.11 Å². The zero-order valence-corrected chi connectivity index (χ0v) is 10.5. The van der Waals surface area contributed by atoms with E-state index in [0.29, 0.717) is 16.7 Å². The Hall–Kier alpha value is -2.31. The number of carboxylic acids is 1. The molecule has 0 amide bonds. The van der Waals surface area contributed by atoms with Gasteiger partial charge in [-0.2, -0.15) is 18.3 Å². The standard InChI is InChI=1S/C13H11F3N2O2/c1-8-2-3-9(4-11(8)12(19)20)10-5-17-18(6-10)7-13(14,15)16/h2-6H,7H2,1H3,(H,19,20). The van der Waals surface area contributed by atoms with Crippen LogP contribution in [-0.2, 0) is 6.54 Å². The van der Waals surface area contributed by atoms with Crippen molar-refractivity contribution in [1.82, 2.24) is 9.78 Å². The third kappa shape index (κ3) is 3.17. The van der Waals surface area contributed by atoms with Crippen molar-refractivity contribution in [1.29, 1.82) is 0 Å². The second kappa shape index (κ2) is 4.99. The summed E-state index contributed by atoms with van der Waals surface area (Å²) in [6, 6.07) is 4.68. The molecular weight excluding hydrogens is 273 g/mol. The number of aromatic carboxylic acids is 1. The van der Waals surface area contributed by atoms with Gasteiger partial charge in [-0.25, -0.2) is 4.79 Å². The van der Waals surface area contributed by atoms with E-state index in [2.05, 4.69) is 5.10 Å². The molecule has 1 aromatic carbocycles. The molecule has 0 aliphatic heterocycles. The molecule has 0 saturated heterocycles. The summed E-state index contributed by atoms with van der Waals surface area (Å²) in [5.74, 6) is -1.08. The lowest BCUT2D eigenvalue weighted by Crippen LogP contribution is -2.17. The maximum absolute atomic E-state index is 12.2. The van der Waals surface area contributed by atoms with Gasteiger partial charge in [0.2, 0.25) is 0 Å². The molecule has 0 unspecified atom stereocenters. The Bertz CT molecular complexity index is 647. The molecule has 0 saturated carbocycles.